The van der Waals surface area contributed by atoms with Crippen LogP contribution in [-0.4, -0.2) is 69.1 Å². The van der Waals surface area contributed by atoms with Crippen molar-refractivity contribution in [3.63, 3.8) is 0 Å². The summed E-state index contributed by atoms with van der Waals surface area (Å²) >= 11 is 0. The Morgan fingerprint density at radius 3 is 2.42 bits per heavy atom. The van der Waals surface area contributed by atoms with Gasteiger partial charge in [-0.2, -0.15) is 0 Å². The van der Waals surface area contributed by atoms with Crippen molar-refractivity contribution in [1.82, 2.24) is 14.5 Å². The third-order valence-electron chi connectivity index (χ3n) is 5.61. The standard InChI is InChI=1S/C17H34N4O2S/c1-4-21(5-2)24(22,23)14-12-19-16(18-3)20-13-11-17(15-20)9-7-6-8-10-17/h4-15H2,1-3H3,(H,18,19). The van der Waals surface area contributed by atoms with E-state index in [9.17, 15) is 8.42 Å². The van der Waals surface area contributed by atoms with E-state index in [0.29, 0.717) is 25.0 Å². The highest BCUT2D eigenvalue weighted by molar-refractivity contribution is 7.89. The molecule has 0 aromatic carbocycles. The molecule has 1 aliphatic carbocycles. The number of nitrogens with one attached hydrogen (secondary N) is 1. The first-order chi connectivity index (χ1) is 11.5. The van der Waals surface area contributed by atoms with Crippen LogP contribution >= 0.6 is 0 Å². The minimum Gasteiger partial charge on any atom is -0.355 e. The normalized spacial score (nSPS) is 21.7. The maximum atomic E-state index is 12.3. The van der Waals surface area contributed by atoms with Gasteiger partial charge in [-0.1, -0.05) is 33.1 Å². The Balaban J connectivity index is 1.85. The van der Waals surface area contributed by atoms with Crippen LogP contribution < -0.4 is 5.32 Å². The number of guanidine groups is 1. The van der Waals surface area contributed by atoms with Gasteiger partial charge in [-0.25, -0.2) is 12.7 Å². The zero-order valence-corrected chi connectivity index (χ0v) is 16.4. The number of hydrogen-bond donors (Lipinski definition) is 1. The third kappa shape index (κ3) is 4.63. The molecule has 2 aliphatic rings. The Morgan fingerprint density at radius 2 is 1.83 bits per heavy atom. The van der Waals surface area contributed by atoms with E-state index >= 15 is 0 Å². The first-order valence-corrected chi connectivity index (χ1v) is 11.0. The van der Waals surface area contributed by atoms with E-state index < -0.39 is 10.0 Å². The van der Waals surface area contributed by atoms with E-state index in [0.717, 1.165) is 19.0 Å². The van der Waals surface area contributed by atoms with Gasteiger partial charge in [0.05, 0.1) is 5.75 Å². The average molecular weight is 359 g/mol. The molecule has 1 heterocycles. The summed E-state index contributed by atoms with van der Waals surface area (Å²) in [4.78, 5) is 6.69. The summed E-state index contributed by atoms with van der Waals surface area (Å²) in [6, 6.07) is 0. The molecule has 1 saturated carbocycles. The summed E-state index contributed by atoms with van der Waals surface area (Å²) < 4.78 is 26.0. The molecular weight excluding hydrogens is 324 g/mol. The molecule has 1 spiro atoms. The highest BCUT2D eigenvalue weighted by Crippen LogP contribution is 2.43. The van der Waals surface area contributed by atoms with Crippen LogP contribution in [-0.2, 0) is 10.0 Å². The highest BCUT2D eigenvalue weighted by atomic mass is 32.2. The molecule has 1 N–H and O–H groups in total. The molecule has 0 amide bonds. The van der Waals surface area contributed by atoms with Crippen LogP contribution in [0.4, 0.5) is 0 Å². The third-order valence-corrected chi connectivity index (χ3v) is 7.63. The summed E-state index contributed by atoms with van der Waals surface area (Å²) in [6.07, 6.45) is 7.97. The smallest absolute Gasteiger partial charge is 0.215 e. The largest absolute Gasteiger partial charge is 0.355 e. The first kappa shape index (κ1) is 19.5. The molecule has 1 aliphatic heterocycles. The Labute approximate surface area is 147 Å². The Bertz CT molecular complexity index is 523. The zero-order chi connectivity index (χ0) is 17.6. The fraction of sp³-hybridized carbons (Fsp3) is 0.941. The predicted molar refractivity (Wildman–Crippen MR) is 99.8 cm³/mol. The summed E-state index contributed by atoms with van der Waals surface area (Å²) in [6.45, 7) is 7.32. The van der Waals surface area contributed by atoms with E-state index in [-0.39, 0.29) is 5.75 Å². The number of aliphatic imine (C=N–C) groups is 1. The molecule has 24 heavy (non-hydrogen) atoms. The molecule has 0 aromatic rings. The molecule has 7 heteroatoms. The number of sulfonamides is 1. The second-order valence-corrected chi connectivity index (χ2v) is 9.19. The topological polar surface area (TPSA) is 65.0 Å². The van der Waals surface area contributed by atoms with Crippen molar-refractivity contribution < 1.29 is 8.42 Å². The van der Waals surface area contributed by atoms with Gasteiger partial charge < -0.3 is 10.2 Å². The lowest BCUT2D eigenvalue weighted by Gasteiger charge is -2.33. The highest BCUT2D eigenvalue weighted by Gasteiger charge is 2.39. The van der Waals surface area contributed by atoms with Crippen LogP contribution in [0, 0.1) is 5.41 Å². The van der Waals surface area contributed by atoms with Gasteiger partial charge in [-0.3, -0.25) is 4.99 Å². The van der Waals surface area contributed by atoms with Gasteiger partial charge in [0.2, 0.25) is 10.0 Å². The van der Waals surface area contributed by atoms with E-state index in [1.54, 1.807) is 7.05 Å². The van der Waals surface area contributed by atoms with Crippen LogP contribution in [0.2, 0.25) is 0 Å². The molecule has 0 atom stereocenters. The van der Waals surface area contributed by atoms with Crippen molar-refractivity contribution in [2.75, 3.05) is 45.5 Å². The molecule has 6 nitrogen and oxygen atoms in total. The van der Waals surface area contributed by atoms with Crippen LogP contribution in [0.25, 0.3) is 0 Å². The zero-order valence-electron chi connectivity index (χ0n) is 15.6. The van der Waals surface area contributed by atoms with Crippen molar-refractivity contribution in [2.45, 2.75) is 52.4 Å². The summed E-state index contributed by atoms with van der Waals surface area (Å²) in [5.74, 6) is 0.972. The van der Waals surface area contributed by atoms with Crippen molar-refractivity contribution in [2.24, 2.45) is 10.4 Å². The minimum absolute atomic E-state index is 0.118. The molecule has 0 unspecified atom stereocenters. The average Bonchev–Trinajstić information content (AvgIpc) is 2.96. The van der Waals surface area contributed by atoms with Gasteiger partial charge in [-0.05, 0) is 24.7 Å². The maximum absolute atomic E-state index is 12.3. The van der Waals surface area contributed by atoms with Crippen molar-refractivity contribution in [3.8, 4) is 0 Å². The Kier molecular flexibility index (Phi) is 6.92. The molecule has 140 valence electrons. The maximum Gasteiger partial charge on any atom is 0.215 e. The lowest BCUT2D eigenvalue weighted by atomic mass is 9.73. The van der Waals surface area contributed by atoms with Gasteiger partial charge in [0, 0.05) is 39.8 Å². The van der Waals surface area contributed by atoms with E-state index in [1.165, 1.54) is 42.8 Å². The SMILES string of the molecule is CCN(CC)S(=O)(=O)CCNC(=NC)N1CCC2(CCCCC2)C1. The minimum atomic E-state index is -3.18. The molecule has 0 aromatic heterocycles. The lowest BCUT2D eigenvalue weighted by molar-refractivity contribution is 0.203. The number of hydrogen-bond acceptors (Lipinski definition) is 3. The molecular formula is C17H34N4O2S. The molecule has 2 fully saturated rings. The van der Waals surface area contributed by atoms with Gasteiger partial charge in [0.15, 0.2) is 5.96 Å². The Hall–Kier alpha value is -0.820. The number of nitrogens with zero attached hydrogens (tertiary/aromatic N) is 3. The van der Waals surface area contributed by atoms with Crippen LogP contribution in [0.3, 0.4) is 0 Å². The second kappa shape index (κ2) is 8.52. The Morgan fingerprint density at radius 1 is 1.17 bits per heavy atom. The fourth-order valence-electron chi connectivity index (χ4n) is 4.20. The fourth-order valence-corrected chi connectivity index (χ4v) is 5.60. The summed E-state index contributed by atoms with van der Waals surface area (Å²) in [5, 5.41) is 3.26. The predicted octanol–water partition coefficient (Wildman–Crippen LogP) is 1.89. The quantitative estimate of drug-likeness (QED) is 0.582. The van der Waals surface area contributed by atoms with Crippen molar-refractivity contribution in [1.29, 1.82) is 0 Å². The van der Waals surface area contributed by atoms with Crippen LogP contribution in [0.5, 0.6) is 0 Å². The van der Waals surface area contributed by atoms with Gasteiger partial charge in [0.1, 0.15) is 0 Å². The van der Waals surface area contributed by atoms with E-state index in [4.69, 9.17) is 0 Å². The van der Waals surface area contributed by atoms with Gasteiger partial charge in [-0.15, -0.1) is 0 Å². The van der Waals surface area contributed by atoms with E-state index in [1.807, 2.05) is 13.8 Å². The summed E-state index contributed by atoms with van der Waals surface area (Å²) in [5.41, 5.74) is 0.475. The number of rotatable bonds is 6. The number of likely N-dealkylation sites (tertiary alicyclic amines) is 1. The summed E-state index contributed by atoms with van der Waals surface area (Å²) in [7, 11) is -1.39. The van der Waals surface area contributed by atoms with Gasteiger partial charge in [0.25, 0.3) is 0 Å². The van der Waals surface area contributed by atoms with Crippen molar-refractivity contribution >= 4 is 16.0 Å². The monoisotopic (exact) mass is 358 g/mol. The lowest BCUT2D eigenvalue weighted by Crippen LogP contribution is -2.44. The molecule has 2 rings (SSSR count). The van der Waals surface area contributed by atoms with Crippen LogP contribution in [0.1, 0.15) is 52.4 Å². The molecule has 0 bridgehead atoms. The molecule has 0 radical (unpaired) electrons. The van der Waals surface area contributed by atoms with E-state index in [2.05, 4.69) is 15.2 Å². The second-order valence-electron chi connectivity index (χ2n) is 7.11. The molecule has 1 saturated heterocycles. The van der Waals surface area contributed by atoms with Gasteiger partial charge >= 0.3 is 0 Å². The van der Waals surface area contributed by atoms with Crippen LogP contribution in [0.15, 0.2) is 4.99 Å². The first-order valence-electron chi connectivity index (χ1n) is 9.40. The van der Waals surface area contributed by atoms with Crippen molar-refractivity contribution in [3.05, 3.63) is 0 Å².